The van der Waals surface area contributed by atoms with Crippen LogP contribution < -0.4 is 0 Å². The number of hydrogen-bond donors (Lipinski definition) is 0. The minimum absolute atomic E-state index is 0.0273. The molecule has 0 saturated carbocycles. The Hall–Kier alpha value is -7.02. The van der Waals surface area contributed by atoms with E-state index >= 15 is 0 Å². The van der Waals surface area contributed by atoms with E-state index in [0.29, 0.717) is 5.92 Å². The van der Waals surface area contributed by atoms with Crippen LogP contribution in [0.5, 0.6) is 0 Å². The Balaban J connectivity index is 0.969. The van der Waals surface area contributed by atoms with Crippen LogP contribution in [0.3, 0.4) is 0 Å². The molecule has 302 valence electrons. The minimum atomic E-state index is -0.392. The van der Waals surface area contributed by atoms with E-state index in [0.717, 1.165) is 19.3 Å². The van der Waals surface area contributed by atoms with Gasteiger partial charge in [0.1, 0.15) is 0 Å². The van der Waals surface area contributed by atoms with Crippen LogP contribution in [0.1, 0.15) is 81.8 Å². The van der Waals surface area contributed by atoms with Crippen molar-refractivity contribution in [2.45, 2.75) is 56.8 Å². The van der Waals surface area contributed by atoms with Gasteiger partial charge in [-0.1, -0.05) is 220 Å². The van der Waals surface area contributed by atoms with Crippen LogP contribution >= 0.6 is 0 Å². The highest BCUT2D eigenvalue weighted by molar-refractivity contribution is 6.00. The second-order valence-corrected chi connectivity index (χ2v) is 18.7. The van der Waals surface area contributed by atoms with Crippen LogP contribution in [-0.2, 0) is 23.7 Å². The molecule has 0 nitrogen and oxygen atoms in total. The molecule has 9 aromatic carbocycles. The van der Waals surface area contributed by atoms with Crippen molar-refractivity contribution in [1.29, 1.82) is 0 Å². The average molecular weight is 807 g/mol. The van der Waals surface area contributed by atoms with Crippen LogP contribution in [0, 0.1) is 6.92 Å². The van der Waals surface area contributed by atoms with E-state index in [-0.39, 0.29) is 5.41 Å². The Morgan fingerprint density at radius 1 is 0.381 bits per heavy atom. The second kappa shape index (κ2) is 14.5. The van der Waals surface area contributed by atoms with Crippen molar-refractivity contribution in [2.24, 2.45) is 0 Å². The molecule has 0 heterocycles. The predicted molar refractivity (Wildman–Crippen MR) is 264 cm³/mol. The van der Waals surface area contributed by atoms with E-state index in [9.17, 15) is 0 Å². The van der Waals surface area contributed by atoms with Crippen molar-refractivity contribution in [3.63, 3.8) is 0 Å². The SMILES string of the molecule is Cc1cc(-c2ccccc2)ccc1C(CCc1ccc2c(c1)C1(c3ccccc3-c3ccccc31)c1cccc(-c3ccccc3)c1-2)Cc1ccc2c(c1)C(C)(C)c1ccccc1-2. The molecule has 0 aromatic heterocycles. The Kier molecular flexibility index (Phi) is 8.70. The predicted octanol–water partition coefficient (Wildman–Crippen LogP) is 15.9. The van der Waals surface area contributed by atoms with Crippen LogP contribution in [0.15, 0.2) is 206 Å². The number of aryl methyl sites for hydroxylation is 2. The standard InChI is InChI=1S/C63H50/c1-41-37-46(44-17-6-4-7-18-44)33-36-48(41)47(38-43-31-34-53-50-21-10-13-25-55(50)62(2,3)59(53)40-43)32-29-42-30-35-54-60(39-42)63(56-26-14-11-22-51(56)52-23-12-15-27-57(52)63)58-28-16-24-49(61(54)58)45-19-8-5-9-20-45/h4-28,30-31,33-37,39-40,47H,29,32,38H2,1-3H3. The van der Waals surface area contributed by atoms with E-state index in [1.165, 1.54) is 111 Å². The summed E-state index contributed by atoms with van der Waals surface area (Å²) >= 11 is 0. The first-order valence-electron chi connectivity index (χ1n) is 22.8. The van der Waals surface area contributed by atoms with Crippen molar-refractivity contribution >= 4 is 0 Å². The van der Waals surface area contributed by atoms with Gasteiger partial charge in [-0.05, 0) is 143 Å². The van der Waals surface area contributed by atoms with Gasteiger partial charge in [-0.15, -0.1) is 0 Å². The first-order valence-corrected chi connectivity index (χ1v) is 22.8. The van der Waals surface area contributed by atoms with Gasteiger partial charge >= 0.3 is 0 Å². The fourth-order valence-electron chi connectivity index (χ4n) is 12.1. The lowest BCUT2D eigenvalue weighted by atomic mass is 9.70. The van der Waals surface area contributed by atoms with Crippen LogP contribution in [0.4, 0.5) is 0 Å². The second-order valence-electron chi connectivity index (χ2n) is 18.7. The molecular formula is C63H50. The number of hydrogen-bond acceptors (Lipinski definition) is 0. The third kappa shape index (κ3) is 5.74. The molecule has 0 N–H and O–H groups in total. The summed E-state index contributed by atoms with van der Waals surface area (Å²) in [6.07, 6.45) is 3.03. The van der Waals surface area contributed by atoms with E-state index < -0.39 is 5.41 Å². The van der Waals surface area contributed by atoms with Gasteiger partial charge in [-0.25, -0.2) is 0 Å². The molecule has 1 spiro atoms. The van der Waals surface area contributed by atoms with Crippen molar-refractivity contribution in [3.05, 3.63) is 262 Å². The molecule has 0 heteroatoms. The fraction of sp³-hybridized carbons (Fsp3) is 0.143. The molecule has 0 aliphatic heterocycles. The molecule has 0 fully saturated rings. The summed E-state index contributed by atoms with van der Waals surface area (Å²) in [6.45, 7) is 7.12. The number of fused-ring (bicyclic) bond motifs is 13. The third-order valence-corrected chi connectivity index (χ3v) is 15.0. The first kappa shape index (κ1) is 37.7. The van der Waals surface area contributed by atoms with Crippen LogP contribution in [-0.4, -0.2) is 0 Å². The summed E-state index contributed by atoms with van der Waals surface area (Å²) in [4.78, 5) is 0. The summed E-state index contributed by atoms with van der Waals surface area (Å²) in [5.74, 6) is 0.344. The minimum Gasteiger partial charge on any atom is -0.0622 e. The topological polar surface area (TPSA) is 0 Å². The maximum absolute atomic E-state index is 2.60. The zero-order valence-corrected chi connectivity index (χ0v) is 36.3. The Bertz CT molecular complexity index is 3190. The van der Waals surface area contributed by atoms with Gasteiger partial charge in [0.05, 0.1) is 5.41 Å². The van der Waals surface area contributed by atoms with E-state index in [1.807, 2.05) is 0 Å². The van der Waals surface area contributed by atoms with Gasteiger partial charge in [0.15, 0.2) is 0 Å². The van der Waals surface area contributed by atoms with Crippen molar-refractivity contribution in [2.75, 3.05) is 0 Å². The zero-order chi connectivity index (χ0) is 42.3. The van der Waals surface area contributed by atoms with Crippen LogP contribution in [0.2, 0.25) is 0 Å². The Labute approximate surface area is 372 Å². The van der Waals surface area contributed by atoms with E-state index in [2.05, 4.69) is 227 Å². The summed E-state index contributed by atoms with van der Waals surface area (Å²) in [6, 6.07) is 78.2. The molecule has 3 aliphatic carbocycles. The summed E-state index contributed by atoms with van der Waals surface area (Å²) in [7, 11) is 0. The largest absolute Gasteiger partial charge is 0.0725 e. The molecule has 3 aliphatic rings. The zero-order valence-electron chi connectivity index (χ0n) is 36.3. The molecular weight excluding hydrogens is 757 g/mol. The van der Waals surface area contributed by atoms with Gasteiger partial charge in [0.25, 0.3) is 0 Å². The highest BCUT2D eigenvalue weighted by Gasteiger charge is 2.52. The lowest BCUT2D eigenvalue weighted by Gasteiger charge is -2.31. The van der Waals surface area contributed by atoms with Gasteiger partial charge in [0, 0.05) is 5.41 Å². The monoisotopic (exact) mass is 806 g/mol. The molecule has 9 aromatic rings. The maximum atomic E-state index is 2.60. The number of benzene rings is 9. The highest BCUT2D eigenvalue weighted by Crippen LogP contribution is 2.64. The molecule has 12 rings (SSSR count). The van der Waals surface area contributed by atoms with Gasteiger partial charge < -0.3 is 0 Å². The highest BCUT2D eigenvalue weighted by atomic mass is 14.5. The summed E-state index contributed by atoms with van der Waals surface area (Å²) in [5, 5.41) is 0. The van der Waals surface area contributed by atoms with Crippen molar-refractivity contribution in [3.8, 4) is 55.6 Å². The summed E-state index contributed by atoms with van der Waals surface area (Å²) < 4.78 is 0. The smallest absolute Gasteiger partial charge is 0.0622 e. The number of rotatable bonds is 8. The van der Waals surface area contributed by atoms with Crippen molar-refractivity contribution in [1.82, 2.24) is 0 Å². The van der Waals surface area contributed by atoms with Crippen molar-refractivity contribution < 1.29 is 0 Å². The quantitative estimate of drug-likeness (QED) is 0.143. The molecule has 0 bridgehead atoms. The normalized spacial score (nSPS) is 14.7. The van der Waals surface area contributed by atoms with Crippen LogP contribution in [0.25, 0.3) is 55.6 Å². The van der Waals surface area contributed by atoms with Gasteiger partial charge in [-0.3, -0.25) is 0 Å². The average Bonchev–Trinajstić information content (AvgIpc) is 3.89. The molecule has 0 amide bonds. The first-order chi connectivity index (χ1) is 30.9. The van der Waals surface area contributed by atoms with E-state index in [1.54, 1.807) is 0 Å². The molecule has 0 saturated heterocycles. The Morgan fingerprint density at radius 3 is 1.62 bits per heavy atom. The molecule has 1 atom stereocenters. The lowest BCUT2D eigenvalue weighted by Crippen LogP contribution is -2.26. The molecule has 0 radical (unpaired) electrons. The molecule has 63 heavy (non-hydrogen) atoms. The van der Waals surface area contributed by atoms with Gasteiger partial charge in [0.2, 0.25) is 0 Å². The maximum Gasteiger partial charge on any atom is 0.0725 e. The Morgan fingerprint density at radius 2 is 0.921 bits per heavy atom. The van der Waals surface area contributed by atoms with E-state index in [4.69, 9.17) is 0 Å². The summed E-state index contributed by atoms with van der Waals surface area (Å²) in [5.41, 5.74) is 27.0. The fourth-order valence-corrected chi connectivity index (χ4v) is 12.1. The third-order valence-electron chi connectivity index (χ3n) is 15.0. The lowest BCUT2D eigenvalue weighted by molar-refractivity contribution is 0.614. The molecule has 1 unspecified atom stereocenters. The van der Waals surface area contributed by atoms with Gasteiger partial charge in [-0.2, -0.15) is 0 Å².